The molecule has 4 nitrogen and oxygen atoms in total. The summed E-state index contributed by atoms with van der Waals surface area (Å²) in [6.45, 7) is 2.72. The molecule has 0 spiro atoms. The Hall–Kier alpha value is -1.39. The molecule has 1 fully saturated rings. The van der Waals surface area contributed by atoms with Crippen molar-refractivity contribution in [1.29, 1.82) is 0 Å². The predicted octanol–water partition coefficient (Wildman–Crippen LogP) is 2.56. The molecule has 4 heteroatoms. The van der Waals surface area contributed by atoms with Crippen molar-refractivity contribution in [2.24, 2.45) is 5.92 Å². The lowest BCUT2D eigenvalue weighted by atomic mass is 9.89. The summed E-state index contributed by atoms with van der Waals surface area (Å²) in [5, 5.41) is 9.28. The Morgan fingerprint density at radius 2 is 1.83 bits per heavy atom. The predicted molar refractivity (Wildman–Crippen MR) is 97.9 cm³/mol. The molecular formula is C20H32N2O2. The van der Waals surface area contributed by atoms with Gasteiger partial charge < -0.3 is 10.0 Å². The molecule has 1 aliphatic rings. The van der Waals surface area contributed by atoms with Crippen LogP contribution >= 0.6 is 0 Å². The highest BCUT2D eigenvalue weighted by molar-refractivity contribution is 5.78. The van der Waals surface area contributed by atoms with Crippen LogP contribution in [-0.2, 0) is 11.2 Å². The molecule has 1 amide bonds. The fourth-order valence-corrected chi connectivity index (χ4v) is 3.51. The number of carbonyl (C=O) groups excluding carboxylic acids is 1. The lowest BCUT2D eigenvalue weighted by molar-refractivity contribution is -0.131. The molecule has 0 heterocycles. The van der Waals surface area contributed by atoms with E-state index in [9.17, 15) is 9.90 Å². The number of aliphatic hydroxyl groups excluding tert-OH is 1. The minimum atomic E-state index is 0.0917. The number of nitrogens with zero attached hydrogens (tertiary/aromatic N) is 2. The van der Waals surface area contributed by atoms with E-state index in [1.54, 1.807) is 0 Å². The van der Waals surface area contributed by atoms with Gasteiger partial charge in [-0.3, -0.25) is 9.69 Å². The molecular weight excluding hydrogens is 300 g/mol. The Kier molecular flexibility index (Phi) is 8.26. The van der Waals surface area contributed by atoms with E-state index >= 15 is 0 Å². The van der Waals surface area contributed by atoms with Gasteiger partial charge in [-0.1, -0.05) is 49.6 Å². The number of hydrogen-bond acceptors (Lipinski definition) is 3. The largest absolute Gasteiger partial charge is 0.395 e. The van der Waals surface area contributed by atoms with E-state index in [2.05, 4.69) is 17.0 Å². The van der Waals surface area contributed by atoms with Crippen molar-refractivity contribution in [3.63, 3.8) is 0 Å². The van der Waals surface area contributed by atoms with Crippen LogP contribution in [0.25, 0.3) is 0 Å². The number of carbonyl (C=O) groups is 1. The molecule has 24 heavy (non-hydrogen) atoms. The lowest BCUT2D eigenvalue weighted by Crippen LogP contribution is -2.42. The second kappa shape index (κ2) is 10.5. The average molecular weight is 332 g/mol. The van der Waals surface area contributed by atoms with Crippen LogP contribution < -0.4 is 0 Å². The van der Waals surface area contributed by atoms with Gasteiger partial charge in [0.2, 0.25) is 5.91 Å². The summed E-state index contributed by atoms with van der Waals surface area (Å²) < 4.78 is 0. The highest BCUT2D eigenvalue weighted by Crippen LogP contribution is 2.24. The zero-order valence-electron chi connectivity index (χ0n) is 15.0. The van der Waals surface area contributed by atoms with Gasteiger partial charge in [0, 0.05) is 26.7 Å². The maximum absolute atomic E-state index is 12.5. The maximum atomic E-state index is 12.5. The van der Waals surface area contributed by atoms with Crippen molar-refractivity contribution in [2.75, 3.05) is 39.8 Å². The van der Waals surface area contributed by atoms with Crippen molar-refractivity contribution >= 4 is 5.91 Å². The van der Waals surface area contributed by atoms with Crippen LogP contribution in [0.4, 0.5) is 0 Å². The third kappa shape index (κ3) is 6.62. The van der Waals surface area contributed by atoms with E-state index < -0.39 is 0 Å². The summed E-state index contributed by atoms with van der Waals surface area (Å²) in [5.74, 6) is 0.838. The Morgan fingerprint density at radius 3 is 2.50 bits per heavy atom. The van der Waals surface area contributed by atoms with Crippen molar-refractivity contribution in [2.45, 2.75) is 38.5 Å². The summed E-state index contributed by atoms with van der Waals surface area (Å²) in [6, 6.07) is 10.3. The number of aliphatic hydroxyl groups is 1. The third-order valence-corrected chi connectivity index (χ3v) is 5.02. The van der Waals surface area contributed by atoms with Gasteiger partial charge in [0.1, 0.15) is 0 Å². The maximum Gasteiger partial charge on any atom is 0.236 e. The first kappa shape index (κ1) is 18.9. The Morgan fingerprint density at radius 1 is 1.12 bits per heavy atom. The van der Waals surface area contributed by atoms with E-state index in [4.69, 9.17) is 0 Å². The smallest absolute Gasteiger partial charge is 0.236 e. The lowest BCUT2D eigenvalue weighted by Gasteiger charge is -2.29. The van der Waals surface area contributed by atoms with Gasteiger partial charge in [-0.2, -0.15) is 0 Å². The van der Waals surface area contributed by atoms with Gasteiger partial charge in [0.15, 0.2) is 0 Å². The second-order valence-electron chi connectivity index (χ2n) is 7.01. The monoisotopic (exact) mass is 332 g/mol. The molecule has 134 valence electrons. The summed E-state index contributed by atoms with van der Waals surface area (Å²) in [7, 11) is 1.92. The van der Waals surface area contributed by atoms with E-state index in [0.717, 1.165) is 19.5 Å². The van der Waals surface area contributed by atoms with E-state index in [1.165, 1.54) is 37.7 Å². The number of likely N-dealkylation sites (N-methyl/N-ethyl adjacent to an activating group) is 1. The van der Waals surface area contributed by atoms with Crippen LogP contribution in [0.1, 0.15) is 37.7 Å². The standard InChI is InChI=1S/C20H32N2O2/c1-21(16-19-10-6-3-7-11-19)20(24)17-22(14-15-23)13-12-18-8-4-2-5-9-18/h2,4-5,8-9,19,23H,3,6-7,10-17H2,1H3. The highest BCUT2D eigenvalue weighted by atomic mass is 16.3. The van der Waals surface area contributed by atoms with Crippen molar-refractivity contribution < 1.29 is 9.90 Å². The Labute approximate surface area is 146 Å². The van der Waals surface area contributed by atoms with Crippen LogP contribution in [-0.4, -0.2) is 60.6 Å². The van der Waals surface area contributed by atoms with E-state index in [-0.39, 0.29) is 12.5 Å². The van der Waals surface area contributed by atoms with Gasteiger partial charge in [-0.15, -0.1) is 0 Å². The van der Waals surface area contributed by atoms with Crippen LogP contribution in [0.5, 0.6) is 0 Å². The van der Waals surface area contributed by atoms with Crippen LogP contribution in [0.2, 0.25) is 0 Å². The fourth-order valence-electron chi connectivity index (χ4n) is 3.51. The molecule has 0 unspecified atom stereocenters. The summed E-state index contributed by atoms with van der Waals surface area (Å²) >= 11 is 0. The molecule has 1 N–H and O–H groups in total. The fraction of sp³-hybridized carbons (Fsp3) is 0.650. The molecule has 0 aromatic heterocycles. The molecule has 0 radical (unpaired) electrons. The van der Waals surface area contributed by atoms with Gasteiger partial charge in [0.05, 0.1) is 13.2 Å². The Balaban J connectivity index is 1.78. The second-order valence-corrected chi connectivity index (χ2v) is 7.01. The minimum Gasteiger partial charge on any atom is -0.395 e. The molecule has 1 aromatic carbocycles. The first-order chi connectivity index (χ1) is 11.7. The summed E-state index contributed by atoms with van der Waals surface area (Å²) in [6.07, 6.45) is 7.37. The molecule has 0 bridgehead atoms. The summed E-state index contributed by atoms with van der Waals surface area (Å²) in [4.78, 5) is 16.5. The highest BCUT2D eigenvalue weighted by Gasteiger charge is 2.19. The minimum absolute atomic E-state index is 0.0917. The third-order valence-electron chi connectivity index (χ3n) is 5.02. The van der Waals surface area contributed by atoms with Crippen molar-refractivity contribution in [1.82, 2.24) is 9.80 Å². The van der Waals surface area contributed by atoms with Crippen LogP contribution in [0, 0.1) is 5.92 Å². The van der Waals surface area contributed by atoms with Crippen LogP contribution in [0.15, 0.2) is 30.3 Å². The molecule has 2 rings (SSSR count). The zero-order valence-corrected chi connectivity index (χ0v) is 15.0. The molecule has 0 aliphatic heterocycles. The van der Waals surface area contributed by atoms with Crippen LogP contribution in [0.3, 0.4) is 0 Å². The zero-order chi connectivity index (χ0) is 17.2. The van der Waals surface area contributed by atoms with E-state index in [1.807, 2.05) is 30.1 Å². The average Bonchev–Trinajstić information content (AvgIpc) is 2.61. The molecule has 1 saturated carbocycles. The van der Waals surface area contributed by atoms with Crippen molar-refractivity contribution in [3.8, 4) is 0 Å². The quantitative estimate of drug-likeness (QED) is 0.756. The molecule has 0 saturated heterocycles. The number of benzene rings is 1. The van der Waals surface area contributed by atoms with E-state index in [0.29, 0.717) is 19.0 Å². The van der Waals surface area contributed by atoms with Gasteiger partial charge >= 0.3 is 0 Å². The molecule has 1 aromatic rings. The normalized spacial score (nSPS) is 15.6. The van der Waals surface area contributed by atoms with Gasteiger partial charge in [-0.05, 0) is 30.7 Å². The first-order valence-electron chi connectivity index (χ1n) is 9.30. The number of rotatable bonds is 9. The molecule has 0 atom stereocenters. The SMILES string of the molecule is CN(CC1CCCCC1)C(=O)CN(CCO)CCc1ccccc1. The summed E-state index contributed by atoms with van der Waals surface area (Å²) in [5.41, 5.74) is 1.27. The van der Waals surface area contributed by atoms with Crippen molar-refractivity contribution in [3.05, 3.63) is 35.9 Å². The molecule has 1 aliphatic carbocycles. The number of hydrogen-bond donors (Lipinski definition) is 1. The topological polar surface area (TPSA) is 43.8 Å². The number of amides is 1. The van der Waals surface area contributed by atoms with Gasteiger partial charge in [0.25, 0.3) is 0 Å². The van der Waals surface area contributed by atoms with Gasteiger partial charge in [-0.25, -0.2) is 0 Å². The Bertz CT molecular complexity index is 472. The first-order valence-corrected chi connectivity index (χ1v) is 9.30.